The molecule has 0 fully saturated rings. The fraction of sp³-hybridized carbons (Fsp3) is 0.462. The van der Waals surface area contributed by atoms with Crippen LogP contribution in [0.25, 0.3) is 0 Å². The summed E-state index contributed by atoms with van der Waals surface area (Å²) < 4.78 is 5.26. The third-order valence-electron chi connectivity index (χ3n) is 2.56. The molecule has 1 aromatic carbocycles. The molecular weight excluding hydrogens is 304 g/mol. The van der Waals surface area contributed by atoms with Crippen LogP contribution in [-0.4, -0.2) is 16.9 Å². The van der Waals surface area contributed by atoms with E-state index < -0.39 is 18.7 Å². The summed E-state index contributed by atoms with van der Waals surface area (Å²) in [6.07, 6.45) is 0.315. The molecule has 0 heterocycles. The Morgan fingerprint density at radius 2 is 2.00 bits per heavy atom. The first-order chi connectivity index (χ1) is 9.30. The zero-order chi connectivity index (χ0) is 15.2. The van der Waals surface area contributed by atoms with E-state index in [0.717, 1.165) is 5.56 Å². The predicted molar refractivity (Wildman–Crippen MR) is 79.1 cm³/mol. The summed E-state index contributed by atoms with van der Waals surface area (Å²) in [6, 6.07) is 8.21. The molecule has 0 aliphatic carbocycles. The van der Waals surface area contributed by atoms with Gasteiger partial charge in [0.15, 0.2) is 0 Å². The topological polar surface area (TPSA) is 81.6 Å². The number of carbonyl (C=O) groups is 1. The Morgan fingerprint density at radius 3 is 2.48 bits per heavy atom. The number of carboxylic acids is 1. The van der Waals surface area contributed by atoms with Crippen molar-refractivity contribution in [2.24, 2.45) is 5.92 Å². The van der Waals surface area contributed by atoms with Crippen molar-refractivity contribution in [3.63, 3.8) is 0 Å². The maximum atomic E-state index is 11.0. The maximum Gasteiger partial charge on any atom is 1.00 e. The van der Waals surface area contributed by atoms with Gasteiger partial charge in [-0.25, -0.2) is 5.09 Å². The summed E-state index contributed by atoms with van der Waals surface area (Å²) in [5.41, 5.74) is 0.853. The molecule has 0 bridgehead atoms. The quantitative estimate of drug-likeness (QED) is 0.433. The minimum Gasteiger partial charge on any atom is -0.548 e. The second-order valence-electron chi connectivity index (χ2n) is 4.91. The van der Waals surface area contributed by atoms with E-state index in [-0.39, 0.29) is 31.4 Å². The molecule has 21 heavy (non-hydrogen) atoms. The summed E-state index contributed by atoms with van der Waals surface area (Å²) in [5.74, 6) is -1.15. The molecule has 0 aromatic heterocycles. The number of rotatable bonds is 8. The van der Waals surface area contributed by atoms with E-state index in [0.29, 0.717) is 6.42 Å². The summed E-state index contributed by atoms with van der Waals surface area (Å²) in [6.45, 7) is 0.523. The van der Waals surface area contributed by atoms with Gasteiger partial charge in [-0.05, 0) is 29.7 Å². The van der Waals surface area contributed by atoms with Crippen molar-refractivity contribution in [2.45, 2.75) is 32.9 Å². The number of aliphatic carboxylic acids is 1. The van der Waals surface area contributed by atoms with Gasteiger partial charge in [0.25, 0.3) is 6.64 Å². The van der Waals surface area contributed by atoms with Crippen LogP contribution in [-0.2, 0) is 27.7 Å². The van der Waals surface area contributed by atoms with Gasteiger partial charge in [0.1, 0.15) is 0 Å². The van der Waals surface area contributed by atoms with Crippen LogP contribution in [0.15, 0.2) is 30.3 Å². The van der Waals surface area contributed by atoms with Crippen LogP contribution < -0.4 is 29.1 Å². The van der Waals surface area contributed by atoms with Gasteiger partial charge in [-0.1, -0.05) is 44.2 Å². The van der Waals surface area contributed by atoms with Gasteiger partial charge >= 0.3 is 18.9 Å². The molecular formula is C13H19LiNO4PS. The van der Waals surface area contributed by atoms with Crippen LogP contribution >= 0.6 is 6.64 Å². The largest absolute Gasteiger partial charge is 1.00 e. The van der Waals surface area contributed by atoms with E-state index in [9.17, 15) is 14.8 Å². The molecule has 0 radical (unpaired) electrons. The average molecular weight is 323 g/mol. The third kappa shape index (κ3) is 8.75. The molecule has 5 nitrogen and oxygen atoms in total. The van der Waals surface area contributed by atoms with Crippen LogP contribution in [0.2, 0.25) is 0 Å². The Morgan fingerprint density at radius 1 is 1.43 bits per heavy atom. The second kappa shape index (κ2) is 9.76. The van der Waals surface area contributed by atoms with Crippen LogP contribution in [0.5, 0.6) is 0 Å². The monoisotopic (exact) mass is 323 g/mol. The number of benzene rings is 1. The summed E-state index contributed by atoms with van der Waals surface area (Å²) in [4.78, 5) is 21.0. The van der Waals surface area contributed by atoms with Crippen molar-refractivity contribution in [1.29, 1.82) is 0 Å². The molecule has 0 saturated carbocycles. The Hall–Kier alpha value is -0.183. The predicted octanol–water partition coefficient (Wildman–Crippen LogP) is -1.82. The molecule has 0 amide bonds. The Bertz CT molecular complexity index is 486. The van der Waals surface area contributed by atoms with Crippen LogP contribution in [0.4, 0.5) is 0 Å². The fourth-order valence-corrected chi connectivity index (χ4v) is 3.19. The van der Waals surface area contributed by atoms with Gasteiger partial charge in [-0.3, -0.25) is 0 Å². The normalized spacial score (nSPS) is 15.0. The number of hydrogen-bond donors (Lipinski definition) is 2. The molecule has 8 heteroatoms. The molecule has 1 aromatic rings. The van der Waals surface area contributed by atoms with Gasteiger partial charge < -0.3 is 19.3 Å². The number of hydrogen-bond acceptors (Lipinski definition) is 4. The van der Waals surface area contributed by atoms with Crippen molar-refractivity contribution in [1.82, 2.24) is 5.09 Å². The van der Waals surface area contributed by atoms with Crippen LogP contribution in [0.3, 0.4) is 0 Å². The molecule has 1 rings (SSSR count). The van der Waals surface area contributed by atoms with Crippen molar-refractivity contribution in [3.05, 3.63) is 35.9 Å². The van der Waals surface area contributed by atoms with E-state index in [2.05, 4.69) is 5.09 Å². The van der Waals surface area contributed by atoms with Crippen molar-refractivity contribution in [3.8, 4) is 0 Å². The first kappa shape index (κ1) is 20.8. The van der Waals surface area contributed by atoms with E-state index in [1.807, 2.05) is 44.2 Å². The van der Waals surface area contributed by atoms with Gasteiger partial charge in [0.2, 0.25) is 0 Å². The van der Waals surface area contributed by atoms with Gasteiger partial charge in [-0.2, -0.15) is 0 Å². The van der Waals surface area contributed by atoms with Crippen molar-refractivity contribution in [2.75, 3.05) is 0 Å². The minimum atomic E-state index is -3.36. The van der Waals surface area contributed by atoms with Crippen molar-refractivity contribution >= 4 is 24.4 Å². The average Bonchev–Trinajstić information content (AvgIpc) is 2.36. The zero-order valence-corrected chi connectivity index (χ0v) is 14.2. The van der Waals surface area contributed by atoms with E-state index in [4.69, 9.17) is 16.3 Å². The Balaban J connectivity index is 0.00000400. The van der Waals surface area contributed by atoms with E-state index >= 15 is 0 Å². The second-order valence-corrected chi connectivity index (χ2v) is 7.95. The van der Waals surface area contributed by atoms with Gasteiger partial charge in [0, 0.05) is 0 Å². The molecule has 2 atom stereocenters. The molecule has 0 aliphatic heterocycles. The molecule has 2 N–H and O–H groups in total. The molecule has 112 valence electrons. The first-order valence-corrected chi connectivity index (χ1v) is 8.97. The SMILES string of the molecule is CC(C)C[C@H](NP(O)(=S)OCc1ccccc1)C(=O)[O-].[Li+]. The minimum absolute atomic E-state index is 0. The molecule has 0 saturated heterocycles. The number of carboxylic acid groups (broad SMARTS) is 1. The van der Waals surface area contributed by atoms with E-state index in [1.165, 1.54) is 0 Å². The van der Waals surface area contributed by atoms with Gasteiger partial charge in [0.05, 0.1) is 18.6 Å². The summed E-state index contributed by atoms with van der Waals surface area (Å²) >= 11 is 4.93. The maximum absolute atomic E-state index is 11.0. The summed E-state index contributed by atoms with van der Waals surface area (Å²) in [5, 5.41) is 13.5. The Labute approximate surface area is 142 Å². The van der Waals surface area contributed by atoms with Gasteiger partial charge in [-0.15, -0.1) is 0 Å². The van der Waals surface area contributed by atoms with Crippen molar-refractivity contribution < 1.29 is 38.2 Å². The van der Waals surface area contributed by atoms with E-state index in [1.54, 1.807) is 0 Å². The van der Waals surface area contributed by atoms with Crippen LogP contribution in [0.1, 0.15) is 25.8 Å². The molecule has 0 aliphatic rings. The summed E-state index contributed by atoms with van der Waals surface area (Å²) in [7, 11) is 0. The van der Waals surface area contributed by atoms with Crippen LogP contribution in [0, 0.1) is 5.92 Å². The first-order valence-electron chi connectivity index (χ1n) is 6.30. The smallest absolute Gasteiger partial charge is 0.548 e. The third-order valence-corrected chi connectivity index (χ3v) is 4.31. The fourth-order valence-electron chi connectivity index (χ4n) is 1.64. The standard InChI is InChI=1S/C13H20NO4PS.Li/c1-10(2)8-12(13(15)16)14-19(17,20)18-9-11-6-4-3-5-7-11;/h3-7,10,12H,8-9H2,1-2H3,(H,15,16)(H2,14,17,20);/q;+1/p-1/t12-,19?;/m0./s1. The number of carbonyl (C=O) groups excluding carboxylic acids is 1. The molecule has 1 unspecified atom stereocenters. The Kier molecular flexibility index (Phi) is 9.67. The zero-order valence-electron chi connectivity index (χ0n) is 12.5. The number of nitrogens with one attached hydrogen (secondary N) is 1. The molecule has 0 spiro atoms.